The van der Waals surface area contributed by atoms with Crippen molar-refractivity contribution in [3.63, 3.8) is 0 Å². The summed E-state index contributed by atoms with van der Waals surface area (Å²) in [6, 6.07) is 9.45. The van der Waals surface area contributed by atoms with Crippen molar-refractivity contribution < 1.29 is 13.6 Å². The van der Waals surface area contributed by atoms with E-state index in [1.165, 1.54) is 6.26 Å². The molecule has 0 unspecified atom stereocenters. The number of nitrogens with one attached hydrogen (secondary N) is 1. The van der Waals surface area contributed by atoms with E-state index in [0.29, 0.717) is 29.3 Å². The molecule has 0 aliphatic carbocycles. The van der Waals surface area contributed by atoms with Crippen molar-refractivity contribution in [3.05, 3.63) is 47.4 Å². The molecule has 0 radical (unpaired) electrons. The van der Waals surface area contributed by atoms with Crippen LogP contribution in [0.15, 0.2) is 45.4 Å². The highest BCUT2D eigenvalue weighted by molar-refractivity contribution is 6.31. The normalized spacial score (nSPS) is 15.6. The largest absolute Gasteiger partial charge is 0.459 e. The zero-order valence-corrected chi connectivity index (χ0v) is 14.3. The maximum absolute atomic E-state index is 11.9. The Bertz CT molecular complexity index is 867. The number of oxazole rings is 1. The molecule has 6 nitrogen and oxygen atoms in total. The van der Waals surface area contributed by atoms with Crippen molar-refractivity contribution in [2.45, 2.75) is 12.8 Å². The Kier molecular flexibility index (Phi) is 4.36. The van der Waals surface area contributed by atoms with E-state index >= 15 is 0 Å². The van der Waals surface area contributed by atoms with Gasteiger partial charge in [-0.1, -0.05) is 11.6 Å². The van der Waals surface area contributed by atoms with Crippen molar-refractivity contribution in [1.82, 2.24) is 10.3 Å². The molecule has 4 rings (SSSR count). The van der Waals surface area contributed by atoms with Gasteiger partial charge >= 0.3 is 0 Å². The number of furan rings is 1. The van der Waals surface area contributed by atoms with E-state index in [0.717, 1.165) is 37.0 Å². The van der Waals surface area contributed by atoms with Gasteiger partial charge in [0, 0.05) is 24.7 Å². The minimum absolute atomic E-state index is 0.164. The molecular weight excluding hydrogens is 342 g/mol. The zero-order chi connectivity index (χ0) is 17.2. The maximum Gasteiger partial charge on any atom is 0.298 e. The highest BCUT2D eigenvalue weighted by Crippen LogP contribution is 2.27. The zero-order valence-electron chi connectivity index (χ0n) is 13.6. The second-order valence-corrected chi connectivity index (χ2v) is 6.66. The van der Waals surface area contributed by atoms with E-state index in [9.17, 15) is 4.79 Å². The topological polar surface area (TPSA) is 71.5 Å². The summed E-state index contributed by atoms with van der Waals surface area (Å²) in [7, 11) is 0. The number of benzene rings is 1. The van der Waals surface area contributed by atoms with Crippen LogP contribution in [0.25, 0.3) is 11.1 Å². The summed E-state index contributed by atoms with van der Waals surface area (Å²) in [4.78, 5) is 18.6. The van der Waals surface area contributed by atoms with Crippen molar-refractivity contribution in [2.24, 2.45) is 5.92 Å². The molecule has 0 spiro atoms. The number of fused-ring (bicyclic) bond motifs is 1. The van der Waals surface area contributed by atoms with Crippen LogP contribution >= 0.6 is 11.6 Å². The lowest BCUT2D eigenvalue weighted by atomic mass is 9.97. The first kappa shape index (κ1) is 16.0. The third-order valence-electron chi connectivity index (χ3n) is 4.52. The van der Waals surface area contributed by atoms with E-state index in [4.69, 9.17) is 20.4 Å². The Hall–Kier alpha value is -2.47. The van der Waals surface area contributed by atoms with E-state index < -0.39 is 0 Å². The summed E-state index contributed by atoms with van der Waals surface area (Å²) in [6.07, 6.45) is 3.44. The fourth-order valence-electron chi connectivity index (χ4n) is 3.08. The first-order valence-corrected chi connectivity index (χ1v) is 8.69. The number of rotatable bonds is 4. The molecule has 1 N–H and O–H groups in total. The van der Waals surface area contributed by atoms with Crippen molar-refractivity contribution in [2.75, 3.05) is 24.5 Å². The van der Waals surface area contributed by atoms with Crippen molar-refractivity contribution in [1.29, 1.82) is 0 Å². The van der Waals surface area contributed by atoms with Gasteiger partial charge in [-0.25, -0.2) is 0 Å². The van der Waals surface area contributed by atoms with Crippen LogP contribution in [0.5, 0.6) is 0 Å². The number of nitrogens with zero attached hydrogens (tertiary/aromatic N) is 2. The van der Waals surface area contributed by atoms with Gasteiger partial charge in [-0.15, -0.1) is 0 Å². The van der Waals surface area contributed by atoms with Crippen molar-refractivity contribution >= 4 is 34.6 Å². The van der Waals surface area contributed by atoms with Crippen LogP contribution in [0, 0.1) is 5.92 Å². The number of piperidine rings is 1. The quantitative estimate of drug-likeness (QED) is 0.768. The predicted molar refractivity (Wildman–Crippen MR) is 95.0 cm³/mol. The molecule has 130 valence electrons. The van der Waals surface area contributed by atoms with Gasteiger partial charge in [-0.05, 0) is 49.1 Å². The fourth-order valence-corrected chi connectivity index (χ4v) is 3.25. The monoisotopic (exact) mass is 359 g/mol. The standard InChI is InChI=1S/C18H18ClN3O3/c19-13-3-4-15-14(10-13)21-18(25-15)22-7-5-12(6-8-22)11-20-17(23)16-2-1-9-24-16/h1-4,9-10,12H,5-8,11H2,(H,20,23). The Morgan fingerprint density at radius 3 is 2.92 bits per heavy atom. The highest BCUT2D eigenvalue weighted by Gasteiger charge is 2.23. The van der Waals surface area contributed by atoms with Gasteiger partial charge in [0.25, 0.3) is 11.9 Å². The lowest BCUT2D eigenvalue weighted by Gasteiger charge is -2.30. The molecule has 1 saturated heterocycles. The molecule has 3 aromatic rings. The van der Waals surface area contributed by atoms with E-state index in [1.807, 2.05) is 6.07 Å². The second-order valence-electron chi connectivity index (χ2n) is 6.23. The number of amides is 1. The molecule has 1 fully saturated rings. The highest BCUT2D eigenvalue weighted by atomic mass is 35.5. The molecule has 25 heavy (non-hydrogen) atoms. The number of hydrogen-bond donors (Lipinski definition) is 1. The van der Waals surface area contributed by atoms with Crippen LogP contribution in [-0.2, 0) is 0 Å². The molecule has 0 bridgehead atoms. The summed E-state index contributed by atoms with van der Waals surface area (Å²) in [6.45, 7) is 2.35. The van der Waals surface area contributed by atoms with Gasteiger partial charge in [-0.2, -0.15) is 4.98 Å². The van der Waals surface area contributed by atoms with Crippen LogP contribution in [0.2, 0.25) is 5.02 Å². The average molecular weight is 360 g/mol. The first-order valence-electron chi connectivity index (χ1n) is 8.32. The third-order valence-corrected chi connectivity index (χ3v) is 4.75. The van der Waals surface area contributed by atoms with Gasteiger partial charge in [0.1, 0.15) is 5.52 Å². The number of carbonyl (C=O) groups excluding carboxylic acids is 1. The van der Waals surface area contributed by atoms with Gasteiger partial charge < -0.3 is 19.1 Å². The van der Waals surface area contributed by atoms with Crippen LogP contribution in [0.1, 0.15) is 23.4 Å². The molecule has 1 aliphatic rings. The molecule has 2 aromatic heterocycles. The SMILES string of the molecule is O=C(NCC1CCN(c2nc3cc(Cl)ccc3o2)CC1)c1ccco1. The maximum atomic E-state index is 11.9. The molecule has 7 heteroatoms. The minimum Gasteiger partial charge on any atom is -0.459 e. The van der Waals surface area contributed by atoms with E-state index in [1.54, 1.807) is 24.3 Å². The van der Waals surface area contributed by atoms with E-state index in [2.05, 4.69) is 15.2 Å². The summed E-state index contributed by atoms with van der Waals surface area (Å²) >= 11 is 5.99. The summed E-state index contributed by atoms with van der Waals surface area (Å²) in [5.74, 6) is 0.625. The third kappa shape index (κ3) is 3.49. The summed E-state index contributed by atoms with van der Waals surface area (Å²) in [5, 5.41) is 3.58. The van der Waals surface area contributed by atoms with Gasteiger partial charge in [0.2, 0.25) is 0 Å². The molecule has 1 aromatic carbocycles. The Morgan fingerprint density at radius 1 is 1.32 bits per heavy atom. The number of aromatic nitrogens is 1. The predicted octanol–water partition coefficient (Wildman–Crippen LogP) is 3.72. The van der Waals surface area contributed by atoms with Crippen LogP contribution in [0.4, 0.5) is 6.01 Å². The van der Waals surface area contributed by atoms with Gasteiger partial charge in [0.15, 0.2) is 11.3 Å². The van der Waals surface area contributed by atoms with Crippen LogP contribution < -0.4 is 10.2 Å². The van der Waals surface area contributed by atoms with Crippen LogP contribution in [-0.4, -0.2) is 30.5 Å². The van der Waals surface area contributed by atoms with Crippen LogP contribution in [0.3, 0.4) is 0 Å². The Balaban J connectivity index is 1.32. The summed E-state index contributed by atoms with van der Waals surface area (Å²) in [5.41, 5.74) is 1.52. The Morgan fingerprint density at radius 2 is 2.16 bits per heavy atom. The lowest BCUT2D eigenvalue weighted by molar-refractivity contribution is 0.0917. The molecule has 0 saturated carbocycles. The molecule has 1 aliphatic heterocycles. The first-order chi connectivity index (χ1) is 12.2. The number of anilines is 1. The average Bonchev–Trinajstić information content (AvgIpc) is 3.29. The molecular formula is C18H18ClN3O3. The Labute approximate surface area is 149 Å². The molecule has 0 atom stereocenters. The number of carbonyl (C=O) groups is 1. The van der Waals surface area contributed by atoms with Gasteiger partial charge in [-0.3, -0.25) is 4.79 Å². The summed E-state index contributed by atoms with van der Waals surface area (Å²) < 4.78 is 10.9. The van der Waals surface area contributed by atoms with Crippen molar-refractivity contribution in [3.8, 4) is 0 Å². The number of hydrogen-bond acceptors (Lipinski definition) is 5. The smallest absolute Gasteiger partial charge is 0.298 e. The molecule has 1 amide bonds. The van der Waals surface area contributed by atoms with E-state index in [-0.39, 0.29) is 5.91 Å². The van der Waals surface area contributed by atoms with Gasteiger partial charge in [0.05, 0.1) is 6.26 Å². The second kappa shape index (κ2) is 6.80. The minimum atomic E-state index is -0.164. The lowest BCUT2D eigenvalue weighted by Crippen LogP contribution is -2.38. The fraction of sp³-hybridized carbons (Fsp3) is 0.333. The number of halogens is 1. The molecule has 3 heterocycles.